The molecule has 0 spiro atoms. The van der Waals surface area contributed by atoms with E-state index in [4.69, 9.17) is 5.11 Å². The van der Waals surface area contributed by atoms with E-state index in [2.05, 4.69) is 26.1 Å². The first-order valence-electron chi connectivity index (χ1n) is 9.44. The lowest BCUT2D eigenvalue weighted by Crippen LogP contribution is -2.30. The van der Waals surface area contributed by atoms with E-state index in [1.54, 1.807) is 0 Å². The summed E-state index contributed by atoms with van der Waals surface area (Å²) in [5.74, 6) is 0. The number of aliphatic hydroxyl groups is 1. The Balaban J connectivity index is 3.18. The molecule has 0 heterocycles. The Morgan fingerprint density at radius 1 is 0.762 bits per heavy atom. The monoisotopic (exact) mass is 299 g/mol. The first kappa shape index (κ1) is 20.9. The van der Waals surface area contributed by atoms with Crippen molar-refractivity contribution < 1.29 is 5.11 Å². The predicted octanol–water partition coefficient (Wildman–Crippen LogP) is 5.30. The Kier molecular flexibility index (Phi) is 14.8. The van der Waals surface area contributed by atoms with Gasteiger partial charge in [-0.25, -0.2) is 0 Å². The molecular weight excluding hydrogens is 258 g/mol. The second kappa shape index (κ2) is 14.8. The molecular formula is C19H41NO. The minimum Gasteiger partial charge on any atom is -0.396 e. The highest BCUT2D eigenvalue weighted by atomic mass is 16.2. The molecule has 0 bridgehead atoms. The highest BCUT2D eigenvalue weighted by Crippen LogP contribution is 2.20. The fourth-order valence-electron chi connectivity index (χ4n) is 2.81. The molecule has 0 aliphatic carbocycles. The summed E-state index contributed by atoms with van der Waals surface area (Å²) < 4.78 is 0. The molecule has 2 nitrogen and oxygen atoms in total. The largest absolute Gasteiger partial charge is 0.396 e. The zero-order chi connectivity index (χ0) is 15.8. The van der Waals surface area contributed by atoms with E-state index >= 15 is 0 Å². The van der Waals surface area contributed by atoms with Crippen LogP contribution >= 0.6 is 0 Å². The van der Waals surface area contributed by atoms with Crippen LogP contribution in [0.3, 0.4) is 0 Å². The zero-order valence-electron chi connectivity index (χ0n) is 15.1. The SMILES string of the molecule is CCCCCCCCCCCCNCC(C)(C)CCCO. The Labute approximate surface area is 134 Å². The van der Waals surface area contributed by atoms with Crippen LogP contribution in [-0.2, 0) is 0 Å². The molecule has 0 unspecified atom stereocenters. The van der Waals surface area contributed by atoms with Gasteiger partial charge in [0, 0.05) is 13.2 Å². The van der Waals surface area contributed by atoms with Gasteiger partial charge < -0.3 is 10.4 Å². The van der Waals surface area contributed by atoms with Crippen LogP contribution in [0.15, 0.2) is 0 Å². The van der Waals surface area contributed by atoms with Crippen molar-refractivity contribution in [3.63, 3.8) is 0 Å². The van der Waals surface area contributed by atoms with Crippen LogP contribution in [0.5, 0.6) is 0 Å². The third kappa shape index (κ3) is 16.1. The van der Waals surface area contributed by atoms with Crippen LogP contribution in [0.4, 0.5) is 0 Å². The summed E-state index contributed by atoms with van der Waals surface area (Å²) >= 11 is 0. The van der Waals surface area contributed by atoms with Crippen LogP contribution in [-0.4, -0.2) is 24.8 Å². The first-order valence-corrected chi connectivity index (χ1v) is 9.44. The van der Waals surface area contributed by atoms with Crippen LogP contribution in [0, 0.1) is 5.41 Å². The summed E-state index contributed by atoms with van der Waals surface area (Å²) in [6.45, 7) is 9.40. The molecule has 0 saturated carbocycles. The third-order valence-corrected chi connectivity index (χ3v) is 4.32. The van der Waals surface area contributed by atoms with Gasteiger partial charge in [-0.05, 0) is 31.2 Å². The summed E-state index contributed by atoms with van der Waals surface area (Å²) in [4.78, 5) is 0. The average Bonchev–Trinajstić information content (AvgIpc) is 2.46. The van der Waals surface area contributed by atoms with Gasteiger partial charge in [-0.2, -0.15) is 0 Å². The van der Waals surface area contributed by atoms with Gasteiger partial charge in [-0.1, -0.05) is 78.6 Å². The molecule has 0 aromatic heterocycles. The van der Waals surface area contributed by atoms with Crippen molar-refractivity contribution in [2.24, 2.45) is 5.41 Å². The van der Waals surface area contributed by atoms with Crippen molar-refractivity contribution in [2.45, 2.75) is 97.8 Å². The molecule has 0 rings (SSSR count). The number of rotatable bonds is 16. The van der Waals surface area contributed by atoms with Crippen molar-refractivity contribution >= 4 is 0 Å². The van der Waals surface area contributed by atoms with E-state index in [9.17, 15) is 0 Å². The van der Waals surface area contributed by atoms with Crippen molar-refractivity contribution in [1.29, 1.82) is 0 Å². The van der Waals surface area contributed by atoms with Crippen molar-refractivity contribution in [3.8, 4) is 0 Å². The second-order valence-electron chi connectivity index (χ2n) is 7.35. The maximum absolute atomic E-state index is 8.88. The normalized spacial score (nSPS) is 12.0. The number of unbranched alkanes of at least 4 members (excludes halogenated alkanes) is 9. The second-order valence-corrected chi connectivity index (χ2v) is 7.35. The number of hydrogen-bond donors (Lipinski definition) is 2. The smallest absolute Gasteiger partial charge is 0.0431 e. The van der Waals surface area contributed by atoms with E-state index in [0.29, 0.717) is 12.0 Å². The van der Waals surface area contributed by atoms with Crippen molar-refractivity contribution in [3.05, 3.63) is 0 Å². The molecule has 128 valence electrons. The fourth-order valence-corrected chi connectivity index (χ4v) is 2.81. The summed E-state index contributed by atoms with van der Waals surface area (Å²) in [7, 11) is 0. The summed E-state index contributed by atoms with van der Waals surface area (Å²) in [5, 5.41) is 12.5. The van der Waals surface area contributed by atoms with Crippen molar-refractivity contribution in [2.75, 3.05) is 19.7 Å². The van der Waals surface area contributed by atoms with Gasteiger partial charge in [0.25, 0.3) is 0 Å². The van der Waals surface area contributed by atoms with Gasteiger partial charge in [0.15, 0.2) is 0 Å². The topological polar surface area (TPSA) is 32.3 Å². The van der Waals surface area contributed by atoms with E-state index in [1.807, 2.05) is 0 Å². The van der Waals surface area contributed by atoms with Gasteiger partial charge in [-0.3, -0.25) is 0 Å². The van der Waals surface area contributed by atoms with Gasteiger partial charge in [0.05, 0.1) is 0 Å². The molecule has 2 heteroatoms. The van der Waals surface area contributed by atoms with E-state index < -0.39 is 0 Å². The molecule has 0 radical (unpaired) electrons. The maximum Gasteiger partial charge on any atom is 0.0431 e. The molecule has 0 amide bonds. The number of hydrogen-bond acceptors (Lipinski definition) is 2. The van der Waals surface area contributed by atoms with Crippen molar-refractivity contribution in [1.82, 2.24) is 5.32 Å². The standard InChI is InChI=1S/C19H41NO/c1-4-5-6-7-8-9-10-11-12-13-16-20-18-19(2,3)15-14-17-21/h20-21H,4-18H2,1-3H3. The van der Waals surface area contributed by atoms with Gasteiger partial charge >= 0.3 is 0 Å². The van der Waals surface area contributed by atoms with Crippen LogP contribution in [0.2, 0.25) is 0 Å². The summed E-state index contributed by atoms with van der Waals surface area (Å²) in [6.07, 6.45) is 16.1. The quantitative estimate of drug-likeness (QED) is 0.379. The fraction of sp³-hybridized carbons (Fsp3) is 1.00. The van der Waals surface area contributed by atoms with Crippen LogP contribution in [0.25, 0.3) is 0 Å². The van der Waals surface area contributed by atoms with E-state index in [0.717, 1.165) is 25.9 Å². The number of aliphatic hydroxyl groups excluding tert-OH is 1. The molecule has 21 heavy (non-hydrogen) atoms. The Morgan fingerprint density at radius 2 is 1.29 bits per heavy atom. The van der Waals surface area contributed by atoms with Gasteiger partial charge in [-0.15, -0.1) is 0 Å². The predicted molar refractivity (Wildman–Crippen MR) is 94.8 cm³/mol. The molecule has 0 saturated heterocycles. The maximum atomic E-state index is 8.88. The number of nitrogens with one attached hydrogen (secondary N) is 1. The molecule has 0 aliphatic rings. The summed E-state index contributed by atoms with van der Waals surface area (Å²) in [5.41, 5.74) is 0.321. The average molecular weight is 300 g/mol. The highest BCUT2D eigenvalue weighted by molar-refractivity contribution is 4.71. The lowest BCUT2D eigenvalue weighted by molar-refractivity contribution is 0.236. The van der Waals surface area contributed by atoms with Crippen LogP contribution in [0.1, 0.15) is 97.8 Å². The molecule has 0 aromatic rings. The lowest BCUT2D eigenvalue weighted by Gasteiger charge is -2.24. The first-order chi connectivity index (χ1) is 10.1. The van der Waals surface area contributed by atoms with Gasteiger partial charge in [0.2, 0.25) is 0 Å². The van der Waals surface area contributed by atoms with Crippen LogP contribution < -0.4 is 5.32 Å². The molecule has 0 aromatic carbocycles. The summed E-state index contributed by atoms with van der Waals surface area (Å²) in [6, 6.07) is 0. The molecule has 0 atom stereocenters. The van der Waals surface area contributed by atoms with E-state index in [1.165, 1.54) is 64.2 Å². The van der Waals surface area contributed by atoms with Gasteiger partial charge in [0.1, 0.15) is 0 Å². The Bertz CT molecular complexity index is 204. The molecule has 2 N–H and O–H groups in total. The highest BCUT2D eigenvalue weighted by Gasteiger charge is 2.16. The minimum atomic E-state index is 0.321. The molecule has 0 fully saturated rings. The molecule has 0 aliphatic heterocycles. The Hall–Kier alpha value is -0.0800. The lowest BCUT2D eigenvalue weighted by atomic mass is 9.88. The zero-order valence-corrected chi connectivity index (χ0v) is 15.1. The Morgan fingerprint density at radius 3 is 1.81 bits per heavy atom. The third-order valence-electron chi connectivity index (χ3n) is 4.32. The van der Waals surface area contributed by atoms with E-state index in [-0.39, 0.29) is 0 Å². The minimum absolute atomic E-state index is 0.321.